The Morgan fingerprint density at radius 1 is 1.08 bits per heavy atom. The fourth-order valence-corrected chi connectivity index (χ4v) is 4.07. The van der Waals surface area contributed by atoms with E-state index in [4.69, 9.17) is 18.9 Å². The molecular formula is C28H26FN3O5. The Labute approximate surface area is 213 Å². The summed E-state index contributed by atoms with van der Waals surface area (Å²) in [7, 11) is 1.62. The normalized spacial score (nSPS) is 18.9. The van der Waals surface area contributed by atoms with Gasteiger partial charge >= 0.3 is 0 Å². The van der Waals surface area contributed by atoms with E-state index in [2.05, 4.69) is 10.3 Å². The van der Waals surface area contributed by atoms with E-state index in [1.165, 1.54) is 24.3 Å². The van der Waals surface area contributed by atoms with Crippen molar-refractivity contribution < 1.29 is 28.1 Å². The van der Waals surface area contributed by atoms with Crippen LogP contribution in [0.15, 0.2) is 91.5 Å². The second kappa shape index (κ2) is 10.8. The molecule has 2 atom stereocenters. The standard InChI is InChI=1S/C28H26FN3O5/c1-34-24-10-4-21(5-11-24)28(18-32-15-14-30-19-32)36-17-26(37-28)16-35-25-12-8-23(9-13-25)31-27(33)20-2-6-22(29)7-3-20/h2-15,19,26H,16-18H2,1H3,(H,31,33). The Bertz CT molecular complexity index is 1310. The Morgan fingerprint density at radius 3 is 2.49 bits per heavy atom. The number of amides is 1. The molecule has 0 spiro atoms. The molecule has 4 aromatic rings. The SMILES string of the molecule is COc1ccc(C2(Cn3ccnc3)OCC(COc3ccc(NC(=O)c4ccc(F)cc4)cc3)O2)cc1. The summed E-state index contributed by atoms with van der Waals surface area (Å²) < 4.78 is 38.9. The van der Waals surface area contributed by atoms with Crippen molar-refractivity contribution in [2.24, 2.45) is 0 Å². The second-order valence-electron chi connectivity index (χ2n) is 8.56. The average Bonchev–Trinajstić information content (AvgIpc) is 3.59. The highest BCUT2D eigenvalue weighted by molar-refractivity contribution is 6.04. The van der Waals surface area contributed by atoms with Gasteiger partial charge in [-0.15, -0.1) is 0 Å². The van der Waals surface area contributed by atoms with Gasteiger partial charge in [-0.25, -0.2) is 9.37 Å². The van der Waals surface area contributed by atoms with Crippen molar-refractivity contribution in [2.45, 2.75) is 18.4 Å². The maximum atomic E-state index is 13.1. The van der Waals surface area contributed by atoms with Gasteiger partial charge in [0.05, 0.1) is 26.6 Å². The number of hydrogen-bond acceptors (Lipinski definition) is 6. The molecule has 9 heteroatoms. The van der Waals surface area contributed by atoms with Gasteiger partial charge in [-0.2, -0.15) is 0 Å². The Morgan fingerprint density at radius 2 is 1.81 bits per heavy atom. The molecule has 1 aliphatic heterocycles. The monoisotopic (exact) mass is 503 g/mol. The first-order valence-corrected chi connectivity index (χ1v) is 11.7. The number of ether oxygens (including phenoxy) is 4. The zero-order valence-electron chi connectivity index (χ0n) is 20.2. The molecule has 37 heavy (non-hydrogen) atoms. The Kier molecular flexibility index (Phi) is 7.16. The zero-order chi connectivity index (χ0) is 25.7. The predicted molar refractivity (Wildman–Crippen MR) is 134 cm³/mol. The van der Waals surface area contributed by atoms with E-state index in [1.807, 2.05) is 35.0 Å². The fourth-order valence-electron chi connectivity index (χ4n) is 4.07. The number of carbonyl (C=O) groups excluding carboxylic acids is 1. The lowest BCUT2D eigenvalue weighted by atomic mass is 10.1. The van der Waals surface area contributed by atoms with Gasteiger partial charge in [-0.1, -0.05) is 0 Å². The van der Waals surface area contributed by atoms with Crippen LogP contribution in [0.25, 0.3) is 0 Å². The number of hydrogen-bond donors (Lipinski definition) is 1. The number of anilines is 1. The number of halogens is 1. The summed E-state index contributed by atoms with van der Waals surface area (Å²) in [5, 5.41) is 2.78. The molecule has 8 nitrogen and oxygen atoms in total. The maximum absolute atomic E-state index is 13.1. The van der Waals surface area contributed by atoms with Crippen LogP contribution in [0.4, 0.5) is 10.1 Å². The lowest BCUT2D eigenvalue weighted by Gasteiger charge is -2.29. The molecule has 3 aromatic carbocycles. The second-order valence-corrected chi connectivity index (χ2v) is 8.56. The largest absolute Gasteiger partial charge is 0.497 e. The number of aromatic nitrogens is 2. The first kappa shape index (κ1) is 24.5. The van der Waals surface area contributed by atoms with Gasteiger partial charge in [0.15, 0.2) is 0 Å². The number of carbonyl (C=O) groups is 1. The van der Waals surface area contributed by atoms with Crippen LogP contribution in [-0.2, 0) is 21.8 Å². The van der Waals surface area contributed by atoms with E-state index in [1.54, 1.807) is 43.9 Å². The molecule has 1 aromatic heterocycles. The third-order valence-corrected chi connectivity index (χ3v) is 5.99. The summed E-state index contributed by atoms with van der Waals surface area (Å²) in [5.74, 6) is -0.331. The minimum atomic E-state index is -0.991. The smallest absolute Gasteiger partial charge is 0.255 e. The minimum absolute atomic E-state index is 0.281. The summed E-state index contributed by atoms with van der Waals surface area (Å²) >= 11 is 0. The molecule has 0 aliphatic carbocycles. The van der Waals surface area contributed by atoms with Crippen LogP contribution in [0, 0.1) is 5.82 Å². The number of nitrogens with zero attached hydrogens (tertiary/aromatic N) is 2. The van der Waals surface area contributed by atoms with Crippen molar-refractivity contribution >= 4 is 11.6 Å². The van der Waals surface area contributed by atoms with E-state index in [-0.39, 0.29) is 18.6 Å². The van der Waals surface area contributed by atoms with Gasteiger partial charge in [0.1, 0.15) is 30.0 Å². The van der Waals surface area contributed by atoms with Crippen LogP contribution in [0.3, 0.4) is 0 Å². The highest BCUT2D eigenvalue weighted by Crippen LogP contribution is 2.37. The van der Waals surface area contributed by atoms with E-state index in [9.17, 15) is 9.18 Å². The summed E-state index contributed by atoms with van der Waals surface area (Å²) in [6.07, 6.45) is 4.99. The van der Waals surface area contributed by atoms with E-state index >= 15 is 0 Å². The molecule has 190 valence electrons. The summed E-state index contributed by atoms with van der Waals surface area (Å²) in [6.45, 7) is 1.06. The molecule has 1 N–H and O–H groups in total. The quantitative estimate of drug-likeness (QED) is 0.359. The van der Waals surface area contributed by atoms with Crippen LogP contribution < -0.4 is 14.8 Å². The Hall–Kier alpha value is -4.21. The summed E-state index contributed by atoms with van der Waals surface area (Å²) in [6, 6.07) is 20.0. The molecule has 0 saturated carbocycles. The number of rotatable bonds is 9. The lowest BCUT2D eigenvalue weighted by molar-refractivity contribution is -0.189. The minimum Gasteiger partial charge on any atom is -0.497 e. The van der Waals surface area contributed by atoms with Crippen LogP contribution >= 0.6 is 0 Å². The molecule has 0 bridgehead atoms. The molecule has 1 aliphatic rings. The van der Waals surface area contributed by atoms with Gasteiger partial charge in [0, 0.05) is 29.2 Å². The number of methoxy groups -OCH3 is 1. The third kappa shape index (κ3) is 5.79. The maximum Gasteiger partial charge on any atom is 0.255 e. The number of nitrogens with one attached hydrogen (secondary N) is 1. The highest BCUT2D eigenvalue weighted by atomic mass is 19.1. The lowest BCUT2D eigenvalue weighted by Crippen LogP contribution is -2.34. The average molecular weight is 504 g/mol. The van der Waals surface area contributed by atoms with Crippen molar-refractivity contribution in [2.75, 3.05) is 25.6 Å². The van der Waals surface area contributed by atoms with Crippen molar-refractivity contribution in [1.82, 2.24) is 9.55 Å². The van der Waals surface area contributed by atoms with E-state index in [0.717, 1.165) is 11.3 Å². The fraction of sp³-hybridized carbons (Fsp3) is 0.214. The highest BCUT2D eigenvalue weighted by Gasteiger charge is 2.44. The van der Waals surface area contributed by atoms with Crippen LogP contribution in [0.2, 0.25) is 0 Å². The first-order valence-electron chi connectivity index (χ1n) is 11.7. The van der Waals surface area contributed by atoms with Gasteiger partial charge < -0.3 is 28.8 Å². The van der Waals surface area contributed by atoms with E-state index in [0.29, 0.717) is 30.2 Å². The molecule has 0 radical (unpaired) electrons. The molecular weight excluding hydrogens is 477 g/mol. The third-order valence-electron chi connectivity index (χ3n) is 5.99. The molecule has 1 fully saturated rings. The van der Waals surface area contributed by atoms with Crippen molar-refractivity contribution in [3.8, 4) is 11.5 Å². The molecule has 1 saturated heterocycles. The van der Waals surface area contributed by atoms with Gasteiger partial charge in [0.2, 0.25) is 5.79 Å². The molecule has 5 rings (SSSR count). The van der Waals surface area contributed by atoms with Gasteiger partial charge in [0.25, 0.3) is 5.91 Å². The van der Waals surface area contributed by atoms with Crippen LogP contribution in [0.1, 0.15) is 15.9 Å². The zero-order valence-corrected chi connectivity index (χ0v) is 20.2. The Balaban J connectivity index is 1.20. The van der Waals surface area contributed by atoms with E-state index < -0.39 is 11.6 Å². The predicted octanol–water partition coefficient (Wildman–Crippen LogP) is 4.63. The topological polar surface area (TPSA) is 83.8 Å². The van der Waals surface area contributed by atoms with Crippen LogP contribution in [0.5, 0.6) is 11.5 Å². The summed E-state index contributed by atoms with van der Waals surface area (Å²) in [5.41, 5.74) is 1.84. The van der Waals surface area contributed by atoms with Gasteiger partial charge in [-0.3, -0.25) is 4.79 Å². The molecule has 1 amide bonds. The van der Waals surface area contributed by atoms with Gasteiger partial charge in [-0.05, 0) is 72.8 Å². The van der Waals surface area contributed by atoms with Crippen molar-refractivity contribution in [1.29, 1.82) is 0 Å². The van der Waals surface area contributed by atoms with Crippen molar-refractivity contribution in [3.05, 3.63) is 108 Å². The van der Waals surface area contributed by atoms with Crippen LogP contribution in [-0.4, -0.2) is 41.9 Å². The first-order chi connectivity index (χ1) is 18.0. The molecule has 2 heterocycles. The summed E-state index contributed by atoms with van der Waals surface area (Å²) in [4.78, 5) is 16.5. The number of benzene rings is 3. The molecule has 2 unspecified atom stereocenters. The number of imidazole rings is 1. The van der Waals surface area contributed by atoms with Crippen molar-refractivity contribution in [3.63, 3.8) is 0 Å².